The van der Waals surface area contributed by atoms with Crippen molar-refractivity contribution in [2.45, 2.75) is 240 Å². The van der Waals surface area contributed by atoms with Crippen molar-refractivity contribution in [1.82, 2.24) is 0 Å². The zero-order chi connectivity index (χ0) is 52.8. The van der Waals surface area contributed by atoms with Crippen LogP contribution >= 0.6 is 0 Å². The van der Waals surface area contributed by atoms with E-state index in [0.29, 0.717) is 0 Å². The molecule has 0 unspecified atom stereocenters. The first-order chi connectivity index (χ1) is 29.0. The van der Waals surface area contributed by atoms with Gasteiger partial charge in [0.15, 0.2) is 0 Å². The number of hydrogen-bond donors (Lipinski definition) is 0. The molecule has 0 heterocycles. The molecule has 2 heteroatoms. The average molecular weight is 1270 g/mol. The second-order valence-electron chi connectivity index (χ2n) is 28.6. The van der Waals surface area contributed by atoms with Gasteiger partial charge in [0.1, 0.15) is 0 Å². The van der Waals surface area contributed by atoms with Gasteiger partial charge in [-0.3, -0.25) is 0 Å². The Morgan fingerprint density at radius 3 is 0.809 bits per heavy atom. The monoisotopic (exact) mass is 1270 g/mol. The van der Waals surface area contributed by atoms with Crippen molar-refractivity contribution in [3.63, 3.8) is 0 Å². The zero-order valence-electron chi connectivity index (χ0n) is 50.1. The molecule has 0 aromatic heterocycles. The van der Waals surface area contributed by atoms with Gasteiger partial charge in [-0.15, -0.1) is 21.7 Å². The number of rotatable bonds is 2. The summed E-state index contributed by atoms with van der Waals surface area (Å²) < 4.78 is 0. The van der Waals surface area contributed by atoms with Gasteiger partial charge < -0.3 is 48.6 Å². The maximum Gasteiger partial charge on any atom is 2.00 e. The normalized spacial score (nSPS) is 13.1. The predicted molar refractivity (Wildman–Crippen MR) is 301 cm³/mol. The summed E-state index contributed by atoms with van der Waals surface area (Å²) in [6.45, 7) is 72.0. The molecule has 382 valence electrons. The third kappa shape index (κ3) is 34.3. The van der Waals surface area contributed by atoms with E-state index in [1.165, 1.54) is 33.4 Å². The molecule has 0 amide bonds. The van der Waals surface area contributed by atoms with Gasteiger partial charge in [-0.25, -0.2) is 0 Å². The van der Waals surface area contributed by atoms with Gasteiger partial charge >= 0.3 is 42.1 Å². The molecule has 0 saturated carbocycles. The van der Waals surface area contributed by atoms with Crippen molar-refractivity contribution in [2.24, 2.45) is 21.7 Å². The SMILES string of the molecule is CC(C)(C)[C-]=CC=[C-]C(C)(C)C.CC(C)(C)c1ccc(C(C)(C)C)cc1.CC(C)(C)c1cccc(C(C)(C)C)c1.CC(C)(C)c1ccccc1C(C)(C)C.[CH-]=C(C=[C-]C(C)(C)C)C(C)(C)C.[W+2].[W+2]. The molecule has 0 radical (unpaired) electrons. The third-order valence-electron chi connectivity index (χ3n) is 10.4. The van der Waals surface area contributed by atoms with E-state index in [2.05, 4.69) is 299 Å². The molecule has 68 heavy (non-hydrogen) atoms. The molecule has 0 bridgehead atoms. The Hall–Kier alpha value is -2.00. The van der Waals surface area contributed by atoms with E-state index in [0.717, 1.165) is 5.57 Å². The van der Waals surface area contributed by atoms with Gasteiger partial charge in [0.2, 0.25) is 0 Å². The van der Waals surface area contributed by atoms with Crippen molar-refractivity contribution >= 4 is 0 Å². The number of benzene rings is 3. The largest absolute Gasteiger partial charge is 2.00 e. The van der Waals surface area contributed by atoms with Crippen LogP contribution in [0.2, 0.25) is 0 Å². The summed E-state index contributed by atoms with van der Waals surface area (Å²) >= 11 is 0. The molecule has 3 rings (SSSR count). The average Bonchev–Trinajstić information content (AvgIpc) is 3.10. The fourth-order valence-corrected chi connectivity index (χ4v) is 5.81. The van der Waals surface area contributed by atoms with Crippen LogP contribution in [0.1, 0.15) is 241 Å². The van der Waals surface area contributed by atoms with Crippen LogP contribution in [0.25, 0.3) is 0 Å². The fourth-order valence-electron chi connectivity index (χ4n) is 5.81. The molecule has 0 fully saturated rings. The first-order valence-corrected chi connectivity index (χ1v) is 24.7. The Balaban J connectivity index is -0.000000375. The molecule has 0 aliphatic heterocycles. The van der Waals surface area contributed by atoms with Gasteiger partial charge in [0.25, 0.3) is 0 Å². The van der Waals surface area contributed by atoms with E-state index in [4.69, 9.17) is 6.58 Å². The van der Waals surface area contributed by atoms with E-state index in [9.17, 15) is 0 Å². The van der Waals surface area contributed by atoms with Gasteiger partial charge in [0.05, 0.1) is 0 Å². The molecule has 3 aromatic carbocycles. The van der Waals surface area contributed by atoms with Crippen molar-refractivity contribution in [3.8, 4) is 0 Å². The van der Waals surface area contributed by atoms with Crippen LogP contribution < -0.4 is 0 Å². The quantitative estimate of drug-likeness (QED) is 0.177. The first kappa shape index (κ1) is 72.5. The van der Waals surface area contributed by atoms with E-state index in [1.54, 1.807) is 0 Å². The van der Waals surface area contributed by atoms with Crippen LogP contribution in [0.5, 0.6) is 0 Å². The van der Waals surface area contributed by atoms with Crippen LogP contribution in [0.4, 0.5) is 0 Å². The molecule has 0 saturated heterocycles. The summed E-state index contributed by atoms with van der Waals surface area (Å²) in [6.07, 6.45) is 15.5. The minimum absolute atomic E-state index is 0. The van der Waals surface area contributed by atoms with E-state index >= 15 is 0 Å². The summed E-state index contributed by atoms with van der Waals surface area (Å²) in [5.74, 6) is 0. The molecular formula is C66H106W2. The summed E-state index contributed by atoms with van der Waals surface area (Å²) in [4.78, 5) is 0. The Labute approximate surface area is 455 Å². The summed E-state index contributed by atoms with van der Waals surface area (Å²) in [6, 6.07) is 26.7. The molecule has 0 nitrogen and oxygen atoms in total. The van der Waals surface area contributed by atoms with E-state index < -0.39 is 0 Å². The Kier molecular flexibility index (Phi) is 30.2. The van der Waals surface area contributed by atoms with Crippen LogP contribution in [-0.4, -0.2) is 0 Å². The van der Waals surface area contributed by atoms with Crippen LogP contribution in [0, 0.1) is 46.5 Å². The smallest absolute Gasteiger partial charge is 0.390 e. The standard InChI is InChI=1S/3C14H22.2C12H20.2W/c1-13(2,3)11-7-9-12(10-8-11)14(4,5)6;1-13(2,3)11-8-7-9-12(10-11)14(4,5)6;1-13(2,3)11-9-7-8-10-12(11)14(4,5)6;1-10(12(5,6)7)8-9-11(2,3)4;1-11(2,3)9-7-8-10-12(4,5)6;;/h3*7-10H,1-6H3;1,8H,2-7H3;7-8H,1-6H3;;/q;;;2*-2;2*+2. The maximum absolute atomic E-state index is 5.86. The van der Waals surface area contributed by atoms with E-state index in [-0.39, 0.29) is 96.3 Å². The molecule has 0 N–H and O–H groups in total. The molecule has 3 aromatic rings. The fraction of sp³-hybridized carbons (Fsp3) is 0.606. The Bertz CT molecular complexity index is 1820. The molecule has 0 atom stereocenters. The van der Waals surface area contributed by atoms with E-state index in [1.807, 2.05) is 18.2 Å². The maximum atomic E-state index is 5.86. The second-order valence-corrected chi connectivity index (χ2v) is 28.6. The van der Waals surface area contributed by atoms with Crippen molar-refractivity contribution < 1.29 is 42.1 Å². The van der Waals surface area contributed by atoms with Crippen molar-refractivity contribution in [3.05, 3.63) is 155 Å². The van der Waals surface area contributed by atoms with Crippen molar-refractivity contribution in [2.75, 3.05) is 0 Å². The van der Waals surface area contributed by atoms with Gasteiger partial charge in [-0.1, -0.05) is 281 Å². The van der Waals surface area contributed by atoms with Crippen molar-refractivity contribution in [1.29, 1.82) is 0 Å². The van der Waals surface area contributed by atoms with Crippen LogP contribution in [-0.2, 0) is 74.6 Å². The predicted octanol–water partition coefficient (Wildman–Crippen LogP) is 20.4. The number of allylic oxidation sites excluding steroid dienone is 7. The zero-order valence-corrected chi connectivity index (χ0v) is 55.9. The van der Waals surface area contributed by atoms with Gasteiger partial charge in [-0.05, 0) is 65.9 Å². The Morgan fingerprint density at radius 1 is 0.338 bits per heavy atom. The van der Waals surface area contributed by atoms with Crippen LogP contribution in [0.15, 0.2) is 96.6 Å². The van der Waals surface area contributed by atoms with Gasteiger partial charge in [0, 0.05) is 0 Å². The third-order valence-corrected chi connectivity index (χ3v) is 10.4. The molecule has 0 aliphatic carbocycles. The minimum atomic E-state index is 0. The molecule has 0 aliphatic rings. The summed E-state index contributed by atoms with van der Waals surface area (Å²) in [7, 11) is 0. The molecular weight excluding hydrogens is 1160 g/mol. The Morgan fingerprint density at radius 2 is 0.603 bits per heavy atom. The summed E-state index contributed by atoms with van der Waals surface area (Å²) in [5.41, 5.74) is 11.4. The molecule has 0 spiro atoms. The second kappa shape index (κ2) is 28.3. The first-order valence-electron chi connectivity index (χ1n) is 24.7. The topological polar surface area (TPSA) is 0 Å². The minimum Gasteiger partial charge on any atom is -0.390 e. The summed E-state index contributed by atoms with van der Waals surface area (Å²) in [5, 5.41) is 0. The number of hydrogen-bond acceptors (Lipinski definition) is 0. The van der Waals surface area contributed by atoms with Gasteiger partial charge in [-0.2, -0.15) is 0 Å². The van der Waals surface area contributed by atoms with Crippen LogP contribution in [0.3, 0.4) is 0 Å².